The highest BCUT2D eigenvalue weighted by Crippen LogP contribution is 2.35. The van der Waals surface area contributed by atoms with Gasteiger partial charge in [0, 0.05) is 6.54 Å². The van der Waals surface area contributed by atoms with Crippen molar-refractivity contribution >= 4 is 5.97 Å². The molecule has 0 amide bonds. The van der Waals surface area contributed by atoms with Crippen LogP contribution in [0.25, 0.3) is 0 Å². The molecule has 1 rings (SSSR count). The summed E-state index contributed by atoms with van der Waals surface area (Å²) in [5.74, 6) is -1.07. The van der Waals surface area contributed by atoms with Crippen molar-refractivity contribution in [1.82, 2.24) is 4.90 Å². The van der Waals surface area contributed by atoms with Gasteiger partial charge in [0.2, 0.25) is 0 Å². The number of hydrogen-bond donors (Lipinski definition) is 1. The maximum absolute atomic E-state index is 12.9. The highest BCUT2D eigenvalue weighted by molar-refractivity contribution is 5.66. The van der Waals surface area contributed by atoms with Gasteiger partial charge in [0.25, 0.3) is 0 Å². The number of halogens is 3. The van der Waals surface area contributed by atoms with Crippen molar-refractivity contribution < 1.29 is 23.1 Å². The number of carbonyl (C=O) groups is 1. The van der Waals surface area contributed by atoms with E-state index in [9.17, 15) is 18.0 Å². The van der Waals surface area contributed by atoms with Crippen LogP contribution in [0.3, 0.4) is 0 Å². The highest BCUT2D eigenvalue weighted by Gasteiger charge is 2.35. The minimum absolute atomic E-state index is 0.0141. The van der Waals surface area contributed by atoms with Crippen molar-refractivity contribution in [2.45, 2.75) is 18.6 Å². The molecule has 7 heteroatoms. The van der Waals surface area contributed by atoms with Crippen LogP contribution >= 0.6 is 0 Å². The first-order valence-corrected chi connectivity index (χ1v) is 5.75. The van der Waals surface area contributed by atoms with Gasteiger partial charge < -0.3 is 5.11 Å². The van der Waals surface area contributed by atoms with E-state index in [0.29, 0.717) is 0 Å². The fraction of sp³-hybridized carbons (Fsp3) is 0.385. The number of hydrogen-bond acceptors (Lipinski definition) is 3. The molecule has 108 valence electrons. The van der Waals surface area contributed by atoms with E-state index in [0.717, 1.165) is 6.07 Å². The summed E-state index contributed by atoms with van der Waals surface area (Å²) in [6, 6.07) is 5.44. The molecule has 0 bridgehead atoms. The molecule has 0 aromatic heterocycles. The van der Waals surface area contributed by atoms with Crippen molar-refractivity contribution in [2.75, 3.05) is 13.6 Å². The third-order valence-electron chi connectivity index (χ3n) is 2.80. The van der Waals surface area contributed by atoms with E-state index in [-0.39, 0.29) is 18.5 Å². The number of carboxylic acid groups (broad SMARTS) is 1. The molecule has 1 aromatic carbocycles. The van der Waals surface area contributed by atoms with E-state index in [2.05, 4.69) is 0 Å². The van der Waals surface area contributed by atoms with Crippen LogP contribution in [0.2, 0.25) is 0 Å². The average Bonchev–Trinajstić information content (AvgIpc) is 2.36. The van der Waals surface area contributed by atoms with Crippen LogP contribution in [0.5, 0.6) is 0 Å². The van der Waals surface area contributed by atoms with Crippen LogP contribution in [-0.4, -0.2) is 29.6 Å². The number of aliphatic carboxylic acids is 1. The Kier molecular flexibility index (Phi) is 5.11. The first-order valence-electron chi connectivity index (χ1n) is 5.75. The lowest BCUT2D eigenvalue weighted by Crippen LogP contribution is -2.28. The SMILES string of the molecule is CN(CCC(=O)O)C(C#N)c1ccccc1C(F)(F)F. The van der Waals surface area contributed by atoms with E-state index in [1.165, 1.54) is 30.1 Å². The molecule has 0 aliphatic rings. The normalized spacial score (nSPS) is 13.0. The van der Waals surface area contributed by atoms with Gasteiger partial charge in [-0.25, -0.2) is 0 Å². The summed E-state index contributed by atoms with van der Waals surface area (Å²) in [6.07, 6.45) is -4.80. The zero-order valence-electron chi connectivity index (χ0n) is 10.7. The summed E-state index contributed by atoms with van der Waals surface area (Å²) in [7, 11) is 1.42. The maximum atomic E-state index is 12.9. The number of benzene rings is 1. The average molecular weight is 286 g/mol. The highest BCUT2D eigenvalue weighted by atomic mass is 19.4. The summed E-state index contributed by atoms with van der Waals surface area (Å²) in [5.41, 5.74) is -1.05. The molecule has 20 heavy (non-hydrogen) atoms. The summed E-state index contributed by atoms with van der Waals surface area (Å²) in [5, 5.41) is 17.7. The molecular formula is C13H13F3N2O2. The molecule has 0 aliphatic carbocycles. The topological polar surface area (TPSA) is 64.3 Å². The first kappa shape index (κ1) is 16.0. The molecule has 0 aliphatic heterocycles. The van der Waals surface area contributed by atoms with E-state index >= 15 is 0 Å². The molecule has 1 N–H and O–H groups in total. The Hall–Kier alpha value is -2.07. The molecule has 0 saturated carbocycles. The fourth-order valence-electron chi connectivity index (χ4n) is 1.80. The van der Waals surface area contributed by atoms with Gasteiger partial charge in [0.05, 0.1) is 18.1 Å². The first-order chi connectivity index (χ1) is 9.27. The van der Waals surface area contributed by atoms with Crippen molar-refractivity contribution in [1.29, 1.82) is 5.26 Å². The van der Waals surface area contributed by atoms with E-state index < -0.39 is 23.8 Å². The predicted molar refractivity (Wildman–Crippen MR) is 64.7 cm³/mol. The molecular weight excluding hydrogens is 273 g/mol. The molecule has 0 heterocycles. The smallest absolute Gasteiger partial charge is 0.416 e. The second kappa shape index (κ2) is 6.39. The minimum Gasteiger partial charge on any atom is -0.481 e. The largest absolute Gasteiger partial charge is 0.481 e. The van der Waals surface area contributed by atoms with Crippen LogP contribution < -0.4 is 0 Å². The lowest BCUT2D eigenvalue weighted by atomic mass is 9.99. The van der Waals surface area contributed by atoms with Crippen molar-refractivity contribution in [3.05, 3.63) is 35.4 Å². The van der Waals surface area contributed by atoms with Crippen LogP contribution in [0.1, 0.15) is 23.6 Å². The van der Waals surface area contributed by atoms with Gasteiger partial charge >= 0.3 is 12.1 Å². The number of nitrogens with zero attached hydrogens (tertiary/aromatic N) is 2. The Morgan fingerprint density at radius 3 is 2.55 bits per heavy atom. The van der Waals surface area contributed by atoms with Crippen LogP contribution in [0.15, 0.2) is 24.3 Å². The van der Waals surface area contributed by atoms with Gasteiger partial charge in [-0.05, 0) is 18.7 Å². The quantitative estimate of drug-likeness (QED) is 0.903. The molecule has 0 radical (unpaired) electrons. The minimum atomic E-state index is -4.56. The van der Waals surface area contributed by atoms with Gasteiger partial charge in [-0.15, -0.1) is 0 Å². The lowest BCUT2D eigenvalue weighted by molar-refractivity contribution is -0.139. The molecule has 1 aromatic rings. The standard InChI is InChI=1S/C13H13F3N2O2/c1-18(7-6-12(19)20)11(8-17)9-4-2-3-5-10(9)13(14,15)16/h2-5,11H,6-7H2,1H3,(H,19,20). The third kappa shape index (κ3) is 3.96. The fourth-order valence-corrected chi connectivity index (χ4v) is 1.80. The van der Waals surface area contributed by atoms with Crippen LogP contribution in [0.4, 0.5) is 13.2 Å². The molecule has 0 spiro atoms. The Labute approximate surface area is 114 Å². The lowest BCUT2D eigenvalue weighted by Gasteiger charge is -2.24. The zero-order valence-corrected chi connectivity index (χ0v) is 10.7. The summed E-state index contributed by atoms with van der Waals surface area (Å²) < 4.78 is 38.7. The van der Waals surface area contributed by atoms with E-state index in [4.69, 9.17) is 10.4 Å². The Balaban J connectivity index is 3.08. The molecule has 0 fully saturated rings. The molecule has 0 saturated heterocycles. The third-order valence-corrected chi connectivity index (χ3v) is 2.80. The molecule has 4 nitrogen and oxygen atoms in total. The van der Waals surface area contributed by atoms with E-state index in [1.807, 2.05) is 0 Å². The number of rotatable bonds is 5. The van der Waals surface area contributed by atoms with Crippen molar-refractivity contribution in [2.24, 2.45) is 0 Å². The summed E-state index contributed by atoms with van der Waals surface area (Å²) >= 11 is 0. The van der Waals surface area contributed by atoms with E-state index in [1.54, 1.807) is 6.07 Å². The monoisotopic (exact) mass is 286 g/mol. The Morgan fingerprint density at radius 1 is 1.45 bits per heavy atom. The Morgan fingerprint density at radius 2 is 2.05 bits per heavy atom. The summed E-state index contributed by atoms with van der Waals surface area (Å²) in [6.45, 7) is -0.0141. The van der Waals surface area contributed by atoms with Gasteiger partial charge in [-0.2, -0.15) is 18.4 Å². The van der Waals surface area contributed by atoms with Gasteiger partial charge in [-0.1, -0.05) is 18.2 Å². The van der Waals surface area contributed by atoms with Gasteiger partial charge in [0.15, 0.2) is 0 Å². The second-order valence-electron chi connectivity index (χ2n) is 4.24. The molecule has 1 unspecified atom stereocenters. The van der Waals surface area contributed by atoms with Crippen molar-refractivity contribution in [3.63, 3.8) is 0 Å². The van der Waals surface area contributed by atoms with Crippen molar-refractivity contribution in [3.8, 4) is 6.07 Å². The predicted octanol–water partition coefficient (Wildman–Crippen LogP) is 2.68. The van der Waals surface area contributed by atoms with Gasteiger partial charge in [0.1, 0.15) is 6.04 Å². The zero-order chi connectivity index (χ0) is 15.3. The Bertz CT molecular complexity index is 523. The second-order valence-corrected chi connectivity index (χ2v) is 4.24. The number of nitriles is 1. The summed E-state index contributed by atoms with van der Waals surface area (Å²) in [4.78, 5) is 11.8. The maximum Gasteiger partial charge on any atom is 0.416 e. The number of carboxylic acids is 1. The van der Waals surface area contributed by atoms with Crippen LogP contribution in [0, 0.1) is 11.3 Å². The van der Waals surface area contributed by atoms with Gasteiger partial charge in [-0.3, -0.25) is 9.69 Å². The van der Waals surface area contributed by atoms with Crippen LogP contribution in [-0.2, 0) is 11.0 Å². The molecule has 1 atom stereocenters. The number of alkyl halides is 3.